The Balaban J connectivity index is 1.62. The molecule has 0 saturated carbocycles. The first-order valence-corrected chi connectivity index (χ1v) is 10.4. The minimum Gasteiger partial charge on any atom is -0.497 e. The van der Waals surface area contributed by atoms with E-state index in [1.165, 1.54) is 11.3 Å². The Morgan fingerprint density at radius 1 is 1.48 bits per heavy atom. The Labute approximate surface area is 166 Å². The lowest BCUT2D eigenvalue weighted by atomic mass is 10.1. The molecule has 0 radical (unpaired) electrons. The predicted octanol–water partition coefficient (Wildman–Crippen LogP) is 3.43. The lowest BCUT2D eigenvalue weighted by molar-refractivity contribution is -0.122. The quantitative estimate of drug-likeness (QED) is 0.560. The van der Waals surface area contributed by atoms with Gasteiger partial charge >= 0.3 is 0 Å². The lowest BCUT2D eigenvalue weighted by Gasteiger charge is -2.17. The Morgan fingerprint density at radius 3 is 3.04 bits per heavy atom. The molecule has 27 heavy (non-hydrogen) atoms. The zero-order valence-electron chi connectivity index (χ0n) is 15.5. The number of anilines is 2. The number of carbonyl (C=O) groups excluding carboxylic acids is 2. The van der Waals surface area contributed by atoms with Gasteiger partial charge in [-0.25, -0.2) is 0 Å². The highest BCUT2D eigenvalue weighted by atomic mass is 32.2. The first kappa shape index (κ1) is 19.6. The number of thioether (sulfide) groups is 1. The van der Waals surface area contributed by atoms with Crippen molar-refractivity contribution in [3.8, 4) is 5.75 Å². The van der Waals surface area contributed by atoms with E-state index >= 15 is 0 Å². The maximum atomic E-state index is 12.6. The number of methoxy groups -OCH3 is 1. The molecule has 1 fully saturated rings. The molecule has 0 bridgehead atoms. The zero-order chi connectivity index (χ0) is 19.4. The fourth-order valence-electron chi connectivity index (χ4n) is 2.68. The number of nitrogens with one attached hydrogen (secondary N) is 1. The number of hydrogen-bond donors (Lipinski definition) is 1. The van der Waals surface area contributed by atoms with Crippen molar-refractivity contribution in [2.24, 2.45) is 5.92 Å². The van der Waals surface area contributed by atoms with E-state index in [4.69, 9.17) is 4.74 Å². The highest BCUT2D eigenvalue weighted by Crippen LogP contribution is 2.31. The molecule has 2 heterocycles. The van der Waals surface area contributed by atoms with E-state index < -0.39 is 5.92 Å². The van der Waals surface area contributed by atoms with Crippen LogP contribution in [-0.2, 0) is 9.59 Å². The predicted molar refractivity (Wildman–Crippen MR) is 108 cm³/mol. The third-order valence-corrected chi connectivity index (χ3v) is 6.57. The molecule has 0 spiro atoms. The van der Waals surface area contributed by atoms with Crippen LogP contribution < -0.4 is 15.0 Å². The van der Waals surface area contributed by atoms with Gasteiger partial charge in [-0.15, -0.1) is 10.2 Å². The topological polar surface area (TPSA) is 84.4 Å². The van der Waals surface area contributed by atoms with Crippen LogP contribution in [0, 0.1) is 5.92 Å². The van der Waals surface area contributed by atoms with Crippen LogP contribution >= 0.6 is 23.1 Å². The molecule has 1 aromatic carbocycles. The van der Waals surface area contributed by atoms with Crippen molar-refractivity contribution in [3.05, 3.63) is 24.3 Å². The summed E-state index contributed by atoms with van der Waals surface area (Å²) in [6, 6.07) is 7.27. The summed E-state index contributed by atoms with van der Waals surface area (Å²) in [7, 11) is 1.58. The summed E-state index contributed by atoms with van der Waals surface area (Å²) < 4.78 is 6.04. The molecule has 144 valence electrons. The standard InChI is InChI=1S/C18H22N4O3S2/c1-4-11(2)26-18-21-20-17(27-18)19-16(24)12-8-15(23)22(10-12)13-6-5-7-14(9-13)25-3/h5-7,9,11-12H,4,8,10H2,1-3H3,(H,19,20,24)/t11-,12-/m0/s1. The maximum Gasteiger partial charge on any atom is 0.231 e. The number of rotatable bonds is 7. The number of benzene rings is 1. The van der Waals surface area contributed by atoms with E-state index in [-0.39, 0.29) is 18.2 Å². The first-order valence-electron chi connectivity index (χ1n) is 8.75. The minimum atomic E-state index is -0.418. The van der Waals surface area contributed by atoms with Gasteiger partial charge in [0.25, 0.3) is 0 Å². The average molecular weight is 407 g/mol. The SMILES string of the molecule is CC[C@H](C)Sc1nnc(NC(=O)[C@H]2CC(=O)N(c3cccc(OC)c3)C2)s1. The highest BCUT2D eigenvalue weighted by molar-refractivity contribution is 8.01. The fourth-order valence-corrected chi connectivity index (χ4v) is 4.68. The van der Waals surface area contributed by atoms with Gasteiger partial charge in [-0.05, 0) is 18.6 Å². The Hall–Kier alpha value is -2.13. The monoisotopic (exact) mass is 406 g/mol. The normalized spacial score (nSPS) is 17.8. The summed E-state index contributed by atoms with van der Waals surface area (Å²) in [4.78, 5) is 26.6. The first-order chi connectivity index (χ1) is 13.0. The van der Waals surface area contributed by atoms with Crippen LogP contribution in [0.15, 0.2) is 28.6 Å². The van der Waals surface area contributed by atoms with Gasteiger partial charge < -0.3 is 15.0 Å². The van der Waals surface area contributed by atoms with E-state index in [9.17, 15) is 9.59 Å². The molecule has 1 aromatic heterocycles. The molecule has 1 aliphatic heterocycles. The van der Waals surface area contributed by atoms with Gasteiger partial charge in [0.1, 0.15) is 5.75 Å². The van der Waals surface area contributed by atoms with Crippen LogP contribution in [0.3, 0.4) is 0 Å². The molecular weight excluding hydrogens is 384 g/mol. The maximum absolute atomic E-state index is 12.6. The van der Waals surface area contributed by atoms with Crippen LogP contribution in [0.5, 0.6) is 5.75 Å². The molecule has 0 unspecified atom stereocenters. The van der Waals surface area contributed by atoms with Gasteiger partial charge in [0.15, 0.2) is 4.34 Å². The molecule has 7 nitrogen and oxygen atoms in total. The summed E-state index contributed by atoms with van der Waals surface area (Å²) in [5.74, 6) is -0.0228. The second-order valence-corrected chi connectivity index (χ2v) is 8.97. The molecule has 1 aliphatic rings. The van der Waals surface area contributed by atoms with Gasteiger partial charge in [0, 0.05) is 30.0 Å². The van der Waals surface area contributed by atoms with E-state index in [1.807, 2.05) is 18.2 Å². The third-order valence-electron chi connectivity index (χ3n) is 4.37. The Kier molecular flexibility index (Phi) is 6.33. The molecule has 2 amide bonds. The van der Waals surface area contributed by atoms with Crippen molar-refractivity contribution >= 4 is 45.7 Å². The summed E-state index contributed by atoms with van der Waals surface area (Å²) in [6.45, 7) is 4.58. The highest BCUT2D eigenvalue weighted by Gasteiger charge is 2.35. The van der Waals surface area contributed by atoms with E-state index in [0.29, 0.717) is 22.7 Å². The summed E-state index contributed by atoms with van der Waals surface area (Å²) in [5.41, 5.74) is 0.734. The molecule has 2 aromatic rings. The van der Waals surface area contributed by atoms with Crippen molar-refractivity contribution in [2.45, 2.75) is 36.3 Å². The third kappa shape index (κ3) is 4.78. The number of aromatic nitrogens is 2. The van der Waals surface area contributed by atoms with Crippen molar-refractivity contribution in [3.63, 3.8) is 0 Å². The second kappa shape index (κ2) is 8.71. The molecule has 0 aliphatic carbocycles. The van der Waals surface area contributed by atoms with Crippen molar-refractivity contribution in [1.82, 2.24) is 10.2 Å². The molecule has 2 atom stereocenters. The zero-order valence-corrected chi connectivity index (χ0v) is 17.1. The van der Waals surface area contributed by atoms with Crippen LogP contribution in [0.25, 0.3) is 0 Å². The Morgan fingerprint density at radius 2 is 2.30 bits per heavy atom. The lowest BCUT2D eigenvalue weighted by Crippen LogP contribution is -2.28. The van der Waals surface area contributed by atoms with Crippen molar-refractivity contribution < 1.29 is 14.3 Å². The van der Waals surface area contributed by atoms with Crippen molar-refractivity contribution in [1.29, 1.82) is 0 Å². The van der Waals surface area contributed by atoms with Crippen LogP contribution in [0.4, 0.5) is 10.8 Å². The molecule has 9 heteroatoms. The van der Waals surface area contributed by atoms with Crippen LogP contribution in [0.2, 0.25) is 0 Å². The summed E-state index contributed by atoms with van der Waals surface area (Å²) in [6.07, 6.45) is 1.21. The molecular formula is C18H22N4O3S2. The second-order valence-electron chi connectivity index (χ2n) is 6.31. The van der Waals surface area contributed by atoms with Gasteiger partial charge in [-0.1, -0.05) is 43.0 Å². The smallest absolute Gasteiger partial charge is 0.231 e. The number of hydrogen-bond acceptors (Lipinski definition) is 7. The van der Waals surface area contributed by atoms with Crippen molar-refractivity contribution in [2.75, 3.05) is 23.9 Å². The minimum absolute atomic E-state index is 0.0753. The van der Waals surface area contributed by atoms with Crippen LogP contribution in [0.1, 0.15) is 26.7 Å². The van der Waals surface area contributed by atoms with Gasteiger partial charge in [0.2, 0.25) is 16.9 Å². The van der Waals surface area contributed by atoms with Gasteiger partial charge in [-0.3, -0.25) is 9.59 Å². The average Bonchev–Trinajstić information content (AvgIpc) is 3.28. The van der Waals surface area contributed by atoms with E-state index in [0.717, 1.165) is 16.4 Å². The van der Waals surface area contributed by atoms with E-state index in [1.54, 1.807) is 29.8 Å². The summed E-state index contributed by atoms with van der Waals surface area (Å²) >= 11 is 3.01. The Bertz CT molecular complexity index is 826. The molecule has 3 rings (SSSR count). The number of nitrogens with zero attached hydrogens (tertiary/aromatic N) is 3. The largest absolute Gasteiger partial charge is 0.497 e. The van der Waals surface area contributed by atoms with E-state index in [2.05, 4.69) is 29.4 Å². The van der Waals surface area contributed by atoms with Crippen LogP contribution in [-0.4, -0.2) is 40.9 Å². The molecule has 1 saturated heterocycles. The number of carbonyl (C=O) groups is 2. The fraction of sp³-hybridized carbons (Fsp3) is 0.444. The summed E-state index contributed by atoms with van der Waals surface area (Å²) in [5, 5.41) is 11.9. The number of amides is 2. The van der Waals surface area contributed by atoms with Gasteiger partial charge in [-0.2, -0.15) is 0 Å². The molecule has 1 N–H and O–H groups in total. The van der Waals surface area contributed by atoms with Gasteiger partial charge in [0.05, 0.1) is 13.0 Å². The number of ether oxygens (including phenoxy) is 1.